The van der Waals surface area contributed by atoms with Crippen LogP contribution in [0.25, 0.3) is 0 Å². The van der Waals surface area contributed by atoms with Crippen LogP contribution in [0, 0.1) is 11.3 Å². The number of rotatable bonds is 5. The van der Waals surface area contributed by atoms with E-state index in [-0.39, 0.29) is 0 Å². The molecular weight excluding hydrogens is 210 g/mol. The number of hydrogen-bond acceptors (Lipinski definition) is 5. The Balaban J connectivity index is 2.83. The molecule has 1 rings (SSSR count). The number of hydrogen-bond donors (Lipinski definition) is 2. The third-order valence-corrected chi connectivity index (χ3v) is 3.07. The molecule has 5 heteroatoms. The Morgan fingerprint density at radius 3 is 2.87 bits per heavy atom. The van der Waals surface area contributed by atoms with Gasteiger partial charge in [-0.2, -0.15) is 5.26 Å². The summed E-state index contributed by atoms with van der Waals surface area (Å²) in [5.74, 6) is 0.590. The summed E-state index contributed by atoms with van der Waals surface area (Å²) in [7, 11) is 1.56. The summed E-state index contributed by atoms with van der Waals surface area (Å²) in [6.07, 6.45) is 2.21. The minimum atomic E-state index is 0.434. The summed E-state index contributed by atoms with van der Waals surface area (Å²) in [6, 6.07) is 2.05. The number of nitrogens with two attached hydrogens (primary N) is 1. The highest BCUT2D eigenvalue weighted by atomic mass is 32.1. The molecule has 0 unspecified atom stereocenters. The van der Waals surface area contributed by atoms with Crippen LogP contribution in [0.1, 0.15) is 24.6 Å². The molecule has 0 fully saturated rings. The summed E-state index contributed by atoms with van der Waals surface area (Å²) >= 11 is 1.34. The van der Waals surface area contributed by atoms with Gasteiger partial charge < -0.3 is 15.8 Å². The van der Waals surface area contributed by atoms with E-state index in [9.17, 15) is 0 Å². The molecule has 0 atom stereocenters. The van der Waals surface area contributed by atoms with Gasteiger partial charge in [-0.25, -0.2) is 0 Å². The molecule has 1 aromatic heterocycles. The van der Waals surface area contributed by atoms with Gasteiger partial charge in [0.1, 0.15) is 21.6 Å². The van der Waals surface area contributed by atoms with Crippen LogP contribution in [0.3, 0.4) is 0 Å². The quantitative estimate of drug-likeness (QED) is 0.755. The van der Waals surface area contributed by atoms with Crippen LogP contribution in [0.2, 0.25) is 0 Å². The molecule has 0 bridgehead atoms. The van der Waals surface area contributed by atoms with E-state index in [2.05, 4.69) is 18.3 Å². The third-order valence-electron chi connectivity index (χ3n) is 2.02. The van der Waals surface area contributed by atoms with Gasteiger partial charge in [0.15, 0.2) is 5.75 Å². The number of nitriles is 1. The molecule has 0 aliphatic rings. The fourth-order valence-electron chi connectivity index (χ4n) is 1.21. The largest absolute Gasteiger partial charge is 0.492 e. The molecule has 0 aromatic carbocycles. The van der Waals surface area contributed by atoms with Gasteiger partial charge in [-0.3, -0.25) is 0 Å². The minimum Gasteiger partial charge on any atom is -0.492 e. The smallest absolute Gasteiger partial charge is 0.177 e. The molecule has 0 amide bonds. The number of unbranched alkanes of at least 4 members (excludes halogenated alkanes) is 1. The Morgan fingerprint density at radius 2 is 2.33 bits per heavy atom. The lowest BCUT2D eigenvalue weighted by molar-refractivity contribution is 0.420. The lowest BCUT2D eigenvalue weighted by Gasteiger charge is -2.05. The molecular formula is C10H15N3OS. The van der Waals surface area contributed by atoms with Crippen molar-refractivity contribution in [1.82, 2.24) is 0 Å². The SMILES string of the molecule is CCCCNc1sc(C#N)c(N)c1OC. The molecule has 0 aliphatic carbocycles. The second-order valence-electron chi connectivity index (χ2n) is 3.10. The molecule has 82 valence electrons. The first-order chi connectivity index (χ1) is 7.24. The van der Waals surface area contributed by atoms with Crippen molar-refractivity contribution in [3.8, 4) is 11.8 Å². The van der Waals surface area contributed by atoms with Crippen LogP contribution in [-0.4, -0.2) is 13.7 Å². The first-order valence-corrected chi connectivity index (χ1v) is 5.66. The monoisotopic (exact) mass is 225 g/mol. The fourth-order valence-corrected chi connectivity index (χ4v) is 2.12. The standard InChI is InChI=1S/C10H15N3OS/c1-3-4-5-13-10-9(14-2)8(12)7(6-11)15-10/h13H,3-5,12H2,1-2H3. The van der Waals surface area contributed by atoms with Crippen molar-refractivity contribution in [1.29, 1.82) is 5.26 Å². The summed E-state index contributed by atoms with van der Waals surface area (Å²) in [4.78, 5) is 0.505. The van der Waals surface area contributed by atoms with E-state index < -0.39 is 0 Å². The maximum absolute atomic E-state index is 8.82. The van der Waals surface area contributed by atoms with Gasteiger partial charge in [0.25, 0.3) is 0 Å². The second-order valence-corrected chi connectivity index (χ2v) is 4.12. The predicted molar refractivity (Wildman–Crippen MR) is 63.4 cm³/mol. The topological polar surface area (TPSA) is 71.1 Å². The summed E-state index contributed by atoms with van der Waals surface area (Å²) in [6.45, 7) is 3.00. The average Bonchev–Trinajstić information content (AvgIpc) is 2.55. The van der Waals surface area contributed by atoms with Crippen LogP contribution in [0.4, 0.5) is 10.7 Å². The summed E-state index contributed by atoms with van der Waals surface area (Å²) < 4.78 is 5.16. The zero-order valence-corrected chi connectivity index (χ0v) is 9.78. The summed E-state index contributed by atoms with van der Waals surface area (Å²) in [5.41, 5.74) is 6.19. The van der Waals surface area contributed by atoms with Crippen LogP contribution in [0.15, 0.2) is 0 Å². The minimum absolute atomic E-state index is 0.434. The lowest BCUT2D eigenvalue weighted by atomic mass is 10.3. The van der Waals surface area contributed by atoms with Gasteiger partial charge in [-0.1, -0.05) is 13.3 Å². The van der Waals surface area contributed by atoms with E-state index in [0.717, 1.165) is 24.4 Å². The number of nitrogens with zero attached hydrogens (tertiary/aromatic N) is 1. The molecule has 0 radical (unpaired) electrons. The molecule has 0 aliphatic heterocycles. The van der Waals surface area contributed by atoms with Gasteiger partial charge in [-0.15, -0.1) is 11.3 Å². The van der Waals surface area contributed by atoms with Crippen molar-refractivity contribution in [2.45, 2.75) is 19.8 Å². The number of nitrogens with one attached hydrogen (secondary N) is 1. The Bertz CT molecular complexity index is 367. The lowest BCUT2D eigenvalue weighted by Crippen LogP contribution is -2.00. The molecule has 1 heterocycles. The van der Waals surface area contributed by atoms with Gasteiger partial charge in [0, 0.05) is 6.54 Å². The van der Waals surface area contributed by atoms with Gasteiger partial charge >= 0.3 is 0 Å². The number of anilines is 2. The Morgan fingerprint density at radius 1 is 1.60 bits per heavy atom. The van der Waals surface area contributed by atoms with Crippen molar-refractivity contribution >= 4 is 22.0 Å². The zero-order valence-electron chi connectivity index (χ0n) is 8.96. The fraction of sp³-hybridized carbons (Fsp3) is 0.500. The Hall–Kier alpha value is -1.41. The third kappa shape index (κ3) is 2.54. The molecule has 0 saturated heterocycles. The average molecular weight is 225 g/mol. The summed E-state index contributed by atoms with van der Waals surface area (Å²) in [5, 5.41) is 12.9. The highest BCUT2D eigenvalue weighted by Crippen LogP contribution is 2.41. The molecule has 0 spiro atoms. The molecule has 3 N–H and O–H groups in total. The highest BCUT2D eigenvalue weighted by molar-refractivity contribution is 7.17. The number of nitrogen functional groups attached to an aromatic ring is 1. The van der Waals surface area contributed by atoms with Crippen LogP contribution < -0.4 is 15.8 Å². The van der Waals surface area contributed by atoms with Crippen molar-refractivity contribution < 1.29 is 4.74 Å². The molecule has 4 nitrogen and oxygen atoms in total. The maximum atomic E-state index is 8.82. The van der Waals surface area contributed by atoms with Crippen molar-refractivity contribution in [3.05, 3.63) is 4.88 Å². The van der Waals surface area contributed by atoms with E-state index >= 15 is 0 Å². The molecule has 15 heavy (non-hydrogen) atoms. The first-order valence-electron chi connectivity index (χ1n) is 4.84. The van der Waals surface area contributed by atoms with Crippen LogP contribution >= 0.6 is 11.3 Å². The van der Waals surface area contributed by atoms with Crippen molar-refractivity contribution in [2.24, 2.45) is 0 Å². The first kappa shape index (κ1) is 11.7. The number of ether oxygens (including phenoxy) is 1. The van der Waals surface area contributed by atoms with Crippen molar-refractivity contribution in [3.63, 3.8) is 0 Å². The van der Waals surface area contributed by atoms with Crippen LogP contribution in [0.5, 0.6) is 5.75 Å². The van der Waals surface area contributed by atoms with E-state index in [1.54, 1.807) is 7.11 Å². The highest BCUT2D eigenvalue weighted by Gasteiger charge is 2.15. The van der Waals surface area contributed by atoms with E-state index in [4.69, 9.17) is 15.7 Å². The van der Waals surface area contributed by atoms with Gasteiger partial charge in [0.2, 0.25) is 0 Å². The molecule has 1 aromatic rings. The van der Waals surface area contributed by atoms with E-state index in [1.807, 2.05) is 0 Å². The predicted octanol–water partition coefficient (Wildman–Crippen LogP) is 2.42. The Labute approximate surface area is 93.7 Å². The zero-order chi connectivity index (χ0) is 11.3. The second kappa shape index (κ2) is 5.47. The van der Waals surface area contributed by atoms with Crippen molar-refractivity contribution in [2.75, 3.05) is 24.7 Å². The number of methoxy groups -OCH3 is 1. The normalized spacial score (nSPS) is 9.67. The van der Waals surface area contributed by atoms with E-state index in [1.165, 1.54) is 11.3 Å². The van der Waals surface area contributed by atoms with E-state index in [0.29, 0.717) is 16.3 Å². The number of thiophene rings is 1. The van der Waals surface area contributed by atoms with Gasteiger partial charge in [0.05, 0.1) is 7.11 Å². The molecule has 0 saturated carbocycles. The van der Waals surface area contributed by atoms with Gasteiger partial charge in [-0.05, 0) is 6.42 Å². The van der Waals surface area contributed by atoms with Crippen LogP contribution in [-0.2, 0) is 0 Å². The maximum Gasteiger partial charge on any atom is 0.177 e. The Kier molecular flexibility index (Phi) is 4.25.